The lowest BCUT2D eigenvalue weighted by Gasteiger charge is -2.36. The van der Waals surface area contributed by atoms with Gasteiger partial charge in [0.25, 0.3) is 5.91 Å². The largest absolute Gasteiger partial charge is 0.339 e. The van der Waals surface area contributed by atoms with Crippen LogP contribution in [0.1, 0.15) is 37.0 Å². The van der Waals surface area contributed by atoms with E-state index in [0.29, 0.717) is 18.7 Å². The summed E-state index contributed by atoms with van der Waals surface area (Å²) in [6.07, 6.45) is 1.86. The highest BCUT2D eigenvalue weighted by molar-refractivity contribution is 5.98. The number of hydrogen-bond acceptors (Lipinski definition) is 3. The van der Waals surface area contributed by atoms with Crippen molar-refractivity contribution in [2.45, 2.75) is 38.3 Å². The molecule has 1 heterocycles. The molecule has 1 aliphatic heterocycles. The van der Waals surface area contributed by atoms with Crippen LogP contribution in [0.2, 0.25) is 0 Å². The predicted molar refractivity (Wildman–Crippen MR) is 89.0 cm³/mol. The van der Waals surface area contributed by atoms with Crippen molar-refractivity contribution < 1.29 is 9.59 Å². The minimum absolute atomic E-state index is 0. The number of hydrogen-bond donors (Lipinski definition) is 2. The molecule has 0 aliphatic carbocycles. The Morgan fingerprint density at radius 2 is 1.91 bits per heavy atom. The number of rotatable bonds is 3. The van der Waals surface area contributed by atoms with Crippen LogP contribution in [-0.2, 0) is 4.79 Å². The molecule has 0 spiro atoms. The molecule has 1 atom stereocenters. The maximum Gasteiger partial charge on any atom is 0.252 e. The molecule has 0 unspecified atom stereocenters. The molecule has 1 fully saturated rings. The van der Waals surface area contributed by atoms with Crippen LogP contribution in [0.25, 0.3) is 0 Å². The molecule has 2 amide bonds. The minimum atomic E-state index is -0.940. The fourth-order valence-electron chi connectivity index (χ4n) is 2.59. The zero-order chi connectivity index (χ0) is 15.5. The number of carbonyl (C=O) groups excluding carboxylic acids is 2. The summed E-state index contributed by atoms with van der Waals surface area (Å²) in [5, 5.41) is 2.81. The normalized spacial score (nSPS) is 18.3. The highest BCUT2D eigenvalue weighted by atomic mass is 35.5. The van der Waals surface area contributed by atoms with Crippen molar-refractivity contribution in [3.8, 4) is 0 Å². The average Bonchev–Trinajstić information content (AvgIpc) is 2.47. The van der Waals surface area contributed by atoms with E-state index in [1.165, 1.54) is 0 Å². The number of halogens is 1. The number of carbonyl (C=O) groups is 2. The number of nitrogens with one attached hydrogen (secondary N) is 1. The SMILES string of the molecule is CC(C)(NC(=O)c1ccccc1)C(=O)N1CCC[C@H](N)C1.Cl. The van der Waals surface area contributed by atoms with Gasteiger partial charge in [0, 0.05) is 24.7 Å². The van der Waals surface area contributed by atoms with Crippen molar-refractivity contribution in [3.05, 3.63) is 35.9 Å². The van der Waals surface area contributed by atoms with Gasteiger partial charge in [-0.15, -0.1) is 12.4 Å². The van der Waals surface area contributed by atoms with Crippen molar-refractivity contribution in [2.24, 2.45) is 5.73 Å². The van der Waals surface area contributed by atoms with Gasteiger partial charge in [-0.05, 0) is 38.8 Å². The molecule has 0 bridgehead atoms. The summed E-state index contributed by atoms with van der Waals surface area (Å²) in [7, 11) is 0. The van der Waals surface area contributed by atoms with E-state index in [-0.39, 0.29) is 30.3 Å². The van der Waals surface area contributed by atoms with Crippen LogP contribution in [0.3, 0.4) is 0 Å². The Morgan fingerprint density at radius 1 is 1.27 bits per heavy atom. The van der Waals surface area contributed by atoms with Crippen LogP contribution >= 0.6 is 12.4 Å². The highest BCUT2D eigenvalue weighted by Crippen LogP contribution is 2.15. The van der Waals surface area contributed by atoms with Crippen LogP contribution in [0, 0.1) is 0 Å². The topological polar surface area (TPSA) is 75.4 Å². The van der Waals surface area contributed by atoms with Crippen LogP contribution < -0.4 is 11.1 Å². The Hall–Kier alpha value is -1.59. The molecule has 1 saturated heterocycles. The maximum atomic E-state index is 12.6. The molecule has 2 rings (SSSR count). The zero-order valence-electron chi connectivity index (χ0n) is 13.0. The molecule has 5 nitrogen and oxygen atoms in total. The third kappa shape index (κ3) is 4.45. The van der Waals surface area contributed by atoms with Crippen molar-refractivity contribution in [1.82, 2.24) is 10.2 Å². The van der Waals surface area contributed by atoms with Gasteiger partial charge < -0.3 is 16.0 Å². The summed E-state index contributed by atoms with van der Waals surface area (Å²) in [5.41, 5.74) is 5.53. The van der Waals surface area contributed by atoms with Gasteiger partial charge in [-0.3, -0.25) is 9.59 Å². The molecule has 1 aromatic rings. The van der Waals surface area contributed by atoms with E-state index < -0.39 is 5.54 Å². The number of nitrogens with zero attached hydrogens (tertiary/aromatic N) is 1. The quantitative estimate of drug-likeness (QED) is 0.885. The van der Waals surface area contributed by atoms with Gasteiger partial charge >= 0.3 is 0 Å². The third-order valence-corrected chi connectivity index (χ3v) is 3.74. The third-order valence-electron chi connectivity index (χ3n) is 3.74. The van der Waals surface area contributed by atoms with Gasteiger partial charge in [0.15, 0.2) is 0 Å². The van der Waals surface area contributed by atoms with Gasteiger partial charge in [0.05, 0.1) is 0 Å². The monoisotopic (exact) mass is 325 g/mol. The first-order valence-corrected chi connectivity index (χ1v) is 7.32. The summed E-state index contributed by atoms with van der Waals surface area (Å²) in [4.78, 5) is 26.5. The van der Waals surface area contributed by atoms with Crippen LogP contribution in [0.15, 0.2) is 30.3 Å². The molecule has 1 aliphatic rings. The first-order chi connectivity index (χ1) is 9.90. The van der Waals surface area contributed by atoms with E-state index in [4.69, 9.17) is 5.73 Å². The molecule has 3 N–H and O–H groups in total. The fraction of sp³-hybridized carbons (Fsp3) is 0.500. The second-order valence-electron chi connectivity index (χ2n) is 6.10. The first-order valence-electron chi connectivity index (χ1n) is 7.32. The number of nitrogens with two attached hydrogens (primary N) is 1. The van der Waals surface area contributed by atoms with E-state index >= 15 is 0 Å². The van der Waals surface area contributed by atoms with Gasteiger partial charge in [-0.25, -0.2) is 0 Å². The number of amides is 2. The number of benzene rings is 1. The van der Waals surface area contributed by atoms with Crippen molar-refractivity contribution in [3.63, 3.8) is 0 Å². The number of piperidine rings is 1. The summed E-state index contributed by atoms with van der Waals surface area (Å²) in [5.74, 6) is -0.322. The van der Waals surface area contributed by atoms with E-state index in [1.807, 2.05) is 6.07 Å². The van der Waals surface area contributed by atoms with E-state index in [2.05, 4.69) is 5.32 Å². The van der Waals surface area contributed by atoms with Crippen molar-refractivity contribution in [2.75, 3.05) is 13.1 Å². The van der Waals surface area contributed by atoms with Crippen LogP contribution in [0.5, 0.6) is 0 Å². The van der Waals surface area contributed by atoms with E-state index in [1.54, 1.807) is 43.0 Å². The lowest BCUT2D eigenvalue weighted by atomic mass is 9.99. The predicted octanol–water partition coefficient (Wildman–Crippen LogP) is 1.57. The summed E-state index contributed by atoms with van der Waals surface area (Å²) < 4.78 is 0. The minimum Gasteiger partial charge on any atom is -0.339 e. The van der Waals surface area contributed by atoms with E-state index in [0.717, 1.165) is 12.8 Å². The lowest BCUT2D eigenvalue weighted by molar-refractivity contribution is -0.138. The zero-order valence-corrected chi connectivity index (χ0v) is 13.9. The van der Waals surface area contributed by atoms with Crippen LogP contribution in [0.4, 0.5) is 0 Å². The van der Waals surface area contributed by atoms with Crippen LogP contribution in [-0.4, -0.2) is 41.4 Å². The Bertz CT molecular complexity index is 519. The maximum absolute atomic E-state index is 12.6. The summed E-state index contributed by atoms with van der Waals surface area (Å²) in [6.45, 7) is 4.73. The molecular weight excluding hydrogens is 302 g/mol. The smallest absolute Gasteiger partial charge is 0.252 e. The Kier molecular flexibility index (Phi) is 6.38. The van der Waals surface area contributed by atoms with Crippen molar-refractivity contribution in [1.29, 1.82) is 0 Å². The molecule has 22 heavy (non-hydrogen) atoms. The summed E-state index contributed by atoms with van der Waals surface area (Å²) >= 11 is 0. The fourth-order valence-corrected chi connectivity index (χ4v) is 2.59. The first kappa shape index (κ1) is 18.5. The highest BCUT2D eigenvalue weighted by Gasteiger charge is 2.35. The second kappa shape index (κ2) is 7.61. The summed E-state index contributed by atoms with van der Waals surface area (Å²) in [6, 6.07) is 8.94. The molecule has 0 aromatic heterocycles. The standard InChI is InChI=1S/C16H23N3O2.ClH/c1-16(2,15(21)19-10-6-9-13(17)11-19)18-14(20)12-7-4-3-5-8-12;/h3-5,7-8,13H,6,9-11,17H2,1-2H3,(H,18,20);1H/t13-;/m0./s1. The molecular formula is C16H24ClN3O2. The van der Waals surface area contributed by atoms with Gasteiger partial charge in [0.1, 0.15) is 5.54 Å². The molecule has 6 heteroatoms. The molecule has 1 aromatic carbocycles. The Morgan fingerprint density at radius 3 is 2.50 bits per heavy atom. The number of likely N-dealkylation sites (tertiary alicyclic amines) is 1. The van der Waals surface area contributed by atoms with Crippen molar-refractivity contribution >= 4 is 24.2 Å². The van der Waals surface area contributed by atoms with Gasteiger partial charge in [-0.2, -0.15) is 0 Å². The van der Waals surface area contributed by atoms with Gasteiger partial charge in [0.2, 0.25) is 5.91 Å². The Balaban J connectivity index is 0.00000242. The Labute approximate surface area is 137 Å². The molecule has 0 saturated carbocycles. The van der Waals surface area contributed by atoms with Gasteiger partial charge in [-0.1, -0.05) is 18.2 Å². The second-order valence-corrected chi connectivity index (χ2v) is 6.10. The average molecular weight is 326 g/mol. The van der Waals surface area contributed by atoms with E-state index in [9.17, 15) is 9.59 Å². The molecule has 122 valence electrons. The lowest BCUT2D eigenvalue weighted by Crippen LogP contribution is -2.58. The molecule has 0 radical (unpaired) electrons.